The smallest absolute Gasteiger partial charge is 0.187 e. The lowest BCUT2D eigenvalue weighted by Crippen LogP contribution is -2.61. The molecule has 12 heteroatoms. The lowest BCUT2D eigenvalue weighted by Gasteiger charge is -2.42. The van der Waals surface area contributed by atoms with Gasteiger partial charge >= 0.3 is 0 Å². The number of hydrogen-bond acceptors (Lipinski definition) is 12. The number of aliphatic hydroxyl groups is 8. The number of aliphatic hydroxyl groups excluding tert-OH is 8. The summed E-state index contributed by atoms with van der Waals surface area (Å²) in [6.07, 6.45) is -11.5. The highest BCUT2D eigenvalue weighted by molar-refractivity contribution is 5.08. The third kappa shape index (κ3) is 7.50. The summed E-state index contributed by atoms with van der Waals surface area (Å²) >= 11 is 0. The Labute approximate surface area is 198 Å². The van der Waals surface area contributed by atoms with E-state index in [0.29, 0.717) is 12.0 Å². The van der Waals surface area contributed by atoms with E-state index < -0.39 is 80.7 Å². The second kappa shape index (κ2) is 13.3. The van der Waals surface area contributed by atoms with Crippen molar-refractivity contribution in [2.75, 3.05) is 19.8 Å². The highest BCUT2D eigenvalue weighted by atomic mass is 16.7. The zero-order valence-electron chi connectivity index (χ0n) is 19.5. The van der Waals surface area contributed by atoms with E-state index in [1.807, 2.05) is 19.9 Å². The Balaban J connectivity index is 1.94. The van der Waals surface area contributed by atoms with E-state index in [1.54, 1.807) is 13.0 Å². The van der Waals surface area contributed by atoms with Crippen LogP contribution >= 0.6 is 0 Å². The fraction of sp³-hybridized carbons (Fsp3) is 0.818. The molecule has 2 fully saturated rings. The van der Waals surface area contributed by atoms with Crippen molar-refractivity contribution in [1.29, 1.82) is 0 Å². The fourth-order valence-corrected chi connectivity index (χ4v) is 3.53. The summed E-state index contributed by atoms with van der Waals surface area (Å²) in [7, 11) is 0. The van der Waals surface area contributed by atoms with Crippen molar-refractivity contribution in [3.63, 3.8) is 0 Å². The van der Waals surface area contributed by atoms with Crippen LogP contribution in [0.5, 0.6) is 0 Å². The third-order valence-electron chi connectivity index (χ3n) is 5.88. The predicted octanol–water partition coefficient (Wildman–Crippen LogP) is -2.71. The summed E-state index contributed by atoms with van der Waals surface area (Å²) in [6, 6.07) is 0. The third-order valence-corrected chi connectivity index (χ3v) is 5.88. The van der Waals surface area contributed by atoms with Crippen molar-refractivity contribution in [3.05, 3.63) is 23.3 Å². The summed E-state index contributed by atoms with van der Waals surface area (Å²) < 4.78 is 21.6. The van der Waals surface area contributed by atoms with E-state index in [-0.39, 0.29) is 6.61 Å². The molecule has 8 N–H and O–H groups in total. The Bertz CT molecular complexity index is 679. The number of hydrogen-bond donors (Lipinski definition) is 8. The van der Waals surface area contributed by atoms with E-state index in [2.05, 4.69) is 0 Å². The molecular formula is C22H38O12. The summed E-state index contributed by atoms with van der Waals surface area (Å²) in [4.78, 5) is 0. The Hall–Kier alpha value is -1.00. The van der Waals surface area contributed by atoms with Gasteiger partial charge in [0.05, 0.1) is 25.9 Å². The van der Waals surface area contributed by atoms with Gasteiger partial charge in [0.2, 0.25) is 0 Å². The van der Waals surface area contributed by atoms with Crippen LogP contribution in [0.15, 0.2) is 23.3 Å². The SMILES string of the molecule is CC(C)=CCC(O)C(C)=CCOC1OC(COC2OC(CO)C(O)C(O)C2O)C(O)C(O)C1O. The van der Waals surface area contributed by atoms with E-state index in [4.69, 9.17) is 18.9 Å². The minimum Gasteiger partial charge on any atom is -0.394 e. The molecule has 198 valence electrons. The van der Waals surface area contributed by atoms with Crippen LogP contribution < -0.4 is 0 Å². The van der Waals surface area contributed by atoms with Crippen LogP contribution in [0.25, 0.3) is 0 Å². The Morgan fingerprint density at radius 3 is 1.85 bits per heavy atom. The van der Waals surface area contributed by atoms with Crippen molar-refractivity contribution in [2.24, 2.45) is 0 Å². The van der Waals surface area contributed by atoms with Crippen molar-refractivity contribution in [1.82, 2.24) is 0 Å². The maximum atomic E-state index is 10.2. The normalized spacial score (nSPS) is 40.1. The second-order valence-corrected chi connectivity index (χ2v) is 8.86. The van der Waals surface area contributed by atoms with Gasteiger partial charge in [-0.25, -0.2) is 0 Å². The van der Waals surface area contributed by atoms with Gasteiger partial charge in [-0.2, -0.15) is 0 Å². The first-order valence-corrected chi connectivity index (χ1v) is 11.2. The molecule has 0 aromatic heterocycles. The van der Waals surface area contributed by atoms with Crippen molar-refractivity contribution < 1.29 is 59.8 Å². The first-order valence-electron chi connectivity index (χ1n) is 11.2. The molecule has 12 nitrogen and oxygen atoms in total. The van der Waals surface area contributed by atoms with Gasteiger partial charge in [-0.3, -0.25) is 0 Å². The second-order valence-electron chi connectivity index (χ2n) is 8.86. The summed E-state index contributed by atoms with van der Waals surface area (Å²) in [5, 5.41) is 79.8. The Kier molecular flexibility index (Phi) is 11.5. The first-order chi connectivity index (χ1) is 16.0. The predicted molar refractivity (Wildman–Crippen MR) is 116 cm³/mol. The van der Waals surface area contributed by atoms with Crippen LogP contribution in [0.4, 0.5) is 0 Å². The van der Waals surface area contributed by atoms with Crippen LogP contribution in [0.1, 0.15) is 27.2 Å². The van der Waals surface area contributed by atoms with Gasteiger partial charge in [0.25, 0.3) is 0 Å². The maximum Gasteiger partial charge on any atom is 0.187 e. The molecule has 0 radical (unpaired) electrons. The highest BCUT2D eigenvalue weighted by Gasteiger charge is 2.47. The first kappa shape index (κ1) is 29.2. The topological polar surface area (TPSA) is 199 Å². The van der Waals surface area contributed by atoms with Crippen molar-refractivity contribution >= 4 is 0 Å². The monoisotopic (exact) mass is 494 g/mol. The molecule has 34 heavy (non-hydrogen) atoms. The van der Waals surface area contributed by atoms with E-state index >= 15 is 0 Å². The minimum absolute atomic E-state index is 0.0530. The molecule has 11 unspecified atom stereocenters. The molecule has 0 aromatic carbocycles. The fourth-order valence-electron chi connectivity index (χ4n) is 3.53. The molecule has 0 aliphatic carbocycles. The molecule has 11 atom stereocenters. The van der Waals surface area contributed by atoms with Crippen LogP contribution in [0, 0.1) is 0 Å². The van der Waals surface area contributed by atoms with Crippen LogP contribution in [0.3, 0.4) is 0 Å². The molecule has 0 amide bonds. The lowest BCUT2D eigenvalue weighted by atomic mass is 9.98. The molecule has 2 aliphatic rings. The standard InChI is InChI=1S/C22H38O12/c1-10(2)4-5-12(24)11(3)6-7-31-21-19(29)18(28)16(26)14(34-21)9-32-22-20(30)17(27)15(25)13(8-23)33-22/h4,6,12-30H,5,7-9H2,1-3H3. The average Bonchev–Trinajstić information content (AvgIpc) is 2.81. The lowest BCUT2D eigenvalue weighted by molar-refractivity contribution is -0.330. The molecule has 0 aromatic rings. The maximum absolute atomic E-state index is 10.2. The Morgan fingerprint density at radius 1 is 0.765 bits per heavy atom. The molecule has 0 bridgehead atoms. The van der Waals surface area contributed by atoms with Gasteiger partial charge in [0.1, 0.15) is 48.8 Å². The number of rotatable bonds is 10. The van der Waals surface area contributed by atoms with Gasteiger partial charge in [-0.05, 0) is 32.8 Å². The summed E-state index contributed by atoms with van der Waals surface area (Å²) in [5.74, 6) is 0. The van der Waals surface area contributed by atoms with Gasteiger partial charge < -0.3 is 59.8 Å². The van der Waals surface area contributed by atoms with Crippen LogP contribution in [-0.4, -0.2) is 128 Å². The highest BCUT2D eigenvalue weighted by Crippen LogP contribution is 2.26. The van der Waals surface area contributed by atoms with Gasteiger partial charge in [0, 0.05) is 0 Å². The molecule has 2 heterocycles. The van der Waals surface area contributed by atoms with Crippen LogP contribution in [-0.2, 0) is 18.9 Å². The number of allylic oxidation sites excluding steroid dienone is 1. The van der Waals surface area contributed by atoms with E-state index in [9.17, 15) is 40.9 Å². The zero-order chi connectivity index (χ0) is 25.6. The quantitative estimate of drug-likeness (QED) is 0.146. The molecule has 2 rings (SSSR count). The summed E-state index contributed by atoms with van der Waals surface area (Å²) in [6.45, 7) is 4.44. The number of ether oxygens (including phenoxy) is 4. The molecule has 2 saturated heterocycles. The average molecular weight is 495 g/mol. The molecule has 0 spiro atoms. The van der Waals surface area contributed by atoms with Gasteiger partial charge in [-0.15, -0.1) is 0 Å². The van der Waals surface area contributed by atoms with E-state index in [0.717, 1.165) is 5.57 Å². The van der Waals surface area contributed by atoms with Crippen molar-refractivity contribution in [2.45, 2.75) is 94.7 Å². The Morgan fingerprint density at radius 2 is 1.29 bits per heavy atom. The summed E-state index contributed by atoms with van der Waals surface area (Å²) in [5.41, 5.74) is 1.72. The van der Waals surface area contributed by atoms with Gasteiger partial charge in [-0.1, -0.05) is 17.7 Å². The zero-order valence-corrected chi connectivity index (χ0v) is 19.5. The minimum atomic E-state index is -1.65. The van der Waals surface area contributed by atoms with Crippen molar-refractivity contribution in [3.8, 4) is 0 Å². The largest absolute Gasteiger partial charge is 0.394 e. The molecule has 2 aliphatic heterocycles. The molecule has 0 saturated carbocycles. The van der Waals surface area contributed by atoms with Crippen LogP contribution in [0.2, 0.25) is 0 Å². The molecular weight excluding hydrogens is 456 g/mol. The van der Waals surface area contributed by atoms with E-state index in [1.165, 1.54) is 0 Å². The van der Waals surface area contributed by atoms with Gasteiger partial charge in [0.15, 0.2) is 12.6 Å².